The minimum Gasteiger partial charge on any atom is -0.465 e. The highest BCUT2D eigenvalue weighted by Crippen LogP contribution is 2.14. The van der Waals surface area contributed by atoms with Crippen molar-refractivity contribution in [1.29, 1.82) is 0 Å². The van der Waals surface area contributed by atoms with Gasteiger partial charge in [-0.15, -0.1) is 0 Å². The van der Waals surface area contributed by atoms with Crippen LogP contribution in [-0.2, 0) is 15.8 Å². The molecule has 4 nitrogen and oxygen atoms in total. The third kappa shape index (κ3) is 2.15. The number of carbonyl (C=O) groups is 1. The van der Waals surface area contributed by atoms with Gasteiger partial charge in [0.15, 0.2) is 11.1 Å². The summed E-state index contributed by atoms with van der Waals surface area (Å²) in [6, 6.07) is 3.10. The smallest absolute Gasteiger partial charge is 0.337 e. The Bertz CT molecular complexity index is 391. The van der Waals surface area contributed by atoms with Gasteiger partial charge in [0.1, 0.15) is 10.7 Å². The Morgan fingerprint density at radius 2 is 2.21 bits per heavy atom. The average Bonchev–Trinajstić information content (AvgIpc) is 2.17. The van der Waals surface area contributed by atoms with Crippen molar-refractivity contribution in [2.75, 3.05) is 7.11 Å². The third-order valence-corrected chi connectivity index (χ3v) is 2.23. The first-order valence-corrected chi connectivity index (χ1v) is 4.65. The van der Waals surface area contributed by atoms with Gasteiger partial charge in [-0.2, -0.15) is 0 Å². The van der Waals surface area contributed by atoms with Crippen molar-refractivity contribution in [2.24, 2.45) is 0 Å². The molecule has 76 valence electrons. The van der Waals surface area contributed by atoms with Gasteiger partial charge in [-0.05, 0) is 18.2 Å². The zero-order valence-corrected chi connectivity index (χ0v) is 8.01. The van der Waals surface area contributed by atoms with E-state index >= 15 is 0 Å². The summed E-state index contributed by atoms with van der Waals surface area (Å²) in [7, 11) is 1.17. The van der Waals surface area contributed by atoms with Crippen LogP contribution < -0.4 is 0 Å². The van der Waals surface area contributed by atoms with Crippen molar-refractivity contribution >= 4 is 17.0 Å². The maximum Gasteiger partial charge on any atom is 0.337 e. The van der Waals surface area contributed by atoms with E-state index < -0.39 is 27.8 Å². The first-order chi connectivity index (χ1) is 6.56. The Morgan fingerprint density at radius 3 is 2.71 bits per heavy atom. The number of benzene rings is 1. The molecular formula is C8H7FO4S. The van der Waals surface area contributed by atoms with Crippen LogP contribution in [0.25, 0.3) is 0 Å². The Labute approximate surface area is 82.0 Å². The van der Waals surface area contributed by atoms with Gasteiger partial charge in [-0.3, -0.25) is 0 Å². The number of hydrogen-bond donors (Lipinski definition) is 1. The van der Waals surface area contributed by atoms with E-state index in [-0.39, 0.29) is 5.56 Å². The largest absolute Gasteiger partial charge is 0.465 e. The van der Waals surface area contributed by atoms with Crippen LogP contribution in [0.4, 0.5) is 4.39 Å². The molecule has 0 saturated heterocycles. The number of ether oxygens (including phenoxy) is 1. The topological polar surface area (TPSA) is 63.6 Å². The van der Waals surface area contributed by atoms with Crippen molar-refractivity contribution in [3.63, 3.8) is 0 Å². The molecule has 1 unspecified atom stereocenters. The first-order valence-electron chi connectivity index (χ1n) is 3.55. The van der Waals surface area contributed by atoms with Gasteiger partial charge in [0.05, 0.1) is 12.7 Å². The fraction of sp³-hybridized carbons (Fsp3) is 0.125. The second-order valence-corrected chi connectivity index (χ2v) is 3.32. The molecule has 0 fully saturated rings. The van der Waals surface area contributed by atoms with Gasteiger partial charge in [-0.1, -0.05) is 0 Å². The standard InChI is InChI=1S/C8H7FO4S/c1-13-8(10)5-2-3-6(9)7(4-5)14(11)12/h2-4H,1H3,(H,11,12). The van der Waals surface area contributed by atoms with E-state index in [1.807, 2.05) is 0 Å². The van der Waals surface area contributed by atoms with Crippen molar-refractivity contribution in [1.82, 2.24) is 0 Å². The highest BCUT2D eigenvalue weighted by Gasteiger charge is 2.12. The predicted molar refractivity (Wildman–Crippen MR) is 46.8 cm³/mol. The van der Waals surface area contributed by atoms with Gasteiger partial charge in [0.25, 0.3) is 0 Å². The number of rotatable bonds is 2. The van der Waals surface area contributed by atoms with Crippen LogP contribution in [0.2, 0.25) is 0 Å². The number of esters is 1. The molecule has 0 aromatic heterocycles. The van der Waals surface area contributed by atoms with Crippen molar-refractivity contribution in [2.45, 2.75) is 4.90 Å². The number of halogens is 1. The summed E-state index contributed by atoms with van der Waals surface area (Å²) in [5, 5.41) is 0. The van der Waals surface area contributed by atoms with Crippen LogP contribution in [-0.4, -0.2) is 21.8 Å². The first kappa shape index (κ1) is 10.8. The monoisotopic (exact) mass is 218 g/mol. The van der Waals surface area contributed by atoms with Crippen LogP contribution in [0.5, 0.6) is 0 Å². The van der Waals surface area contributed by atoms with E-state index in [1.54, 1.807) is 0 Å². The van der Waals surface area contributed by atoms with Crippen molar-refractivity contribution in [3.8, 4) is 0 Å². The van der Waals surface area contributed by atoms with E-state index in [1.165, 1.54) is 13.2 Å². The molecule has 0 aliphatic heterocycles. The summed E-state index contributed by atoms with van der Waals surface area (Å²) in [6.45, 7) is 0. The van der Waals surface area contributed by atoms with Crippen LogP contribution in [0.3, 0.4) is 0 Å². The lowest BCUT2D eigenvalue weighted by Gasteiger charge is -2.01. The molecule has 1 aromatic rings. The fourth-order valence-corrected chi connectivity index (χ4v) is 1.34. The van der Waals surface area contributed by atoms with E-state index in [4.69, 9.17) is 4.55 Å². The van der Waals surface area contributed by atoms with Gasteiger partial charge in [0, 0.05) is 0 Å². The van der Waals surface area contributed by atoms with Crippen molar-refractivity contribution < 1.29 is 22.7 Å². The summed E-state index contributed by atoms with van der Waals surface area (Å²) < 4.78 is 36.5. The van der Waals surface area contributed by atoms with Gasteiger partial charge >= 0.3 is 5.97 Å². The third-order valence-electron chi connectivity index (χ3n) is 1.54. The molecule has 0 bridgehead atoms. The zero-order valence-electron chi connectivity index (χ0n) is 7.19. The summed E-state index contributed by atoms with van der Waals surface area (Å²) in [6.07, 6.45) is 0. The number of methoxy groups -OCH3 is 1. The van der Waals surface area contributed by atoms with Crippen LogP contribution in [0, 0.1) is 5.82 Å². The molecule has 0 heterocycles. The van der Waals surface area contributed by atoms with Crippen molar-refractivity contribution in [3.05, 3.63) is 29.6 Å². The Morgan fingerprint density at radius 1 is 1.57 bits per heavy atom. The highest BCUT2D eigenvalue weighted by molar-refractivity contribution is 7.79. The molecule has 0 spiro atoms. The van der Waals surface area contributed by atoms with E-state index in [9.17, 15) is 13.4 Å². The Balaban J connectivity index is 3.19. The SMILES string of the molecule is COC(=O)c1ccc(F)c(S(=O)O)c1. The van der Waals surface area contributed by atoms with Crippen LogP contribution >= 0.6 is 0 Å². The molecule has 1 N–H and O–H groups in total. The quantitative estimate of drug-likeness (QED) is 0.598. The molecule has 0 aliphatic rings. The molecule has 0 aliphatic carbocycles. The van der Waals surface area contributed by atoms with Gasteiger partial charge in [-0.25, -0.2) is 13.4 Å². The molecule has 0 saturated carbocycles. The van der Waals surface area contributed by atoms with E-state index in [2.05, 4.69) is 4.74 Å². The summed E-state index contributed by atoms with van der Waals surface area (Å²) in [5.41, 5.74) is 0.0336. The summed E-state index contributed by atoms with van der Waals surface area (Å²) in [4.78, 5) is 10.5. The lowest BCUT2D eigenvalue weighted by atomic mass is 10.2. The van der Waals surface area contributed by atoms with Crippen LogP contribution in [0.15, 0.2) is 23.1 Å². The van der Waals surface area contributed by atoms with Crippen LogP contribution in [0.1, 0.15) is 10.4 Å². The lowest BCUT2D eigenvalue weighted by molar-refractivity contribution is 0.0600. The second-order valence-electron chi connectivity index (χ2n) is 2.39. The number of carbonyl (C=O) groups excluding carboxylic acids is 1. The Hall–Kier alpha value is -1.27. The molecular weight excluding hydrogens is 211 g/mol. The molecule has 14 heavy (non-hydrogen) atoms. The predicted octanol–water partition coefficient (Wildman–Crippen LogP) is 1.19. The van der Waals surface area contributed by atoms with Gasteiger partial charge < -0.3 is 9.29 Å². The Kier molecular flexibility index (Phi) is 3.32. The van der Waals surface area contributed by atoms with E-state index in [0.717, 1.165) is 12.1 Å². The van der Waals surface area contributed by atoms with E-state index in [0.29, 0.717) is 0 Å². The van der Waals surface area contributed by atoms with Gasteiger partial charge in [0.2, 0.25) is 0 Å². The molecule has 1 atom stereocenters. The minimum absolute atomic E-state index is 0.0336. The molecule has 0 radical (unpaired) electrons. The molecule has 0 amide bonds. The zero-order chi connectivity index (χ0) is 10.7. The fourth-order valence-electron chi connectivity index (χ4n) is 0.882. The molecule has 1 rings (SSSR count). The average molecular weight is 218 g/mol. The minimum atomic E-state index is -2.45. The maximum absolute atomic E-state index is 12.9. The normalized spacial score (nSPS) is 12.2. The lowest BCUT2D eigenvalue weighted by Crippen LogP contribution is -2.03. The molecule has 1 aromatic carbocycles. The number of hydrogen-bond acceptors (Lipinski definition) is 3. The summed E-state index contributed by atoms with van der Waals surface area (Å²) in [5.74, 6) is -1.52. The molecule has 6 heteroatoms. The maximum atomic E-state index is 12.9. The summed E-state index contributed by atoms with van der Waals surface area (Å²) >= 11 is -2.45. The highest BCUT2D eigenvalue weighted by atomic mass is 32.2. The second kappa shape index (κ2) is 4.30.